The largest absolute Gasteiger partial charge is 0.484 e. The maximum Gasteiger partial charge on any atom is 0.276 e. The summed E-state index contributed by atoms with van der Waals surface area (Å²) in [5, 5.41) is 8.46. The van der Waals surface area contributed by atoms with E-state index in [4.69, 9.17) is 9.15 Å². The van der Waals surface area contributed by atoms with Gasteiger partial charge < -0.3 is 9.15 Å². The van der Waals surface area contributed by atoms with Gasteiger partial charge in [-0.15, -0.1) is 10.2 Å². The fraction of sp³-hybridized carbons (Fsp3) is 0.385. The smallest absolute Gasteiger partial charge is 0.276 e. The van der Waals surface area contributed by atoms with Gasteiger partial charge in [0.2, 0.25) is 0 Å². The number of aromatic nitrogens is 2. The van der Waals surface area contributed by atoms with Crippen molar-refractivity contribution in [3.8, 4) is 5.75 Å². The zero-order chi connectivity index (χ0) is 13.0. The molecule has 4 nitrogen and oxygen atoms in total. The number of ether oxygens (including phenoxy) is 1. The van der Waals surface area contributed by atoms with Crippen LogP contribution in [0.2, 0.25) is 0 Å². The minimum absolute atomic E-state index is 0.307. The predicted molar refractivity (Wildman–Crippen MR) is 70.9 cm³/mol. The van der Waals surface area contributed by atoms with Crippen LogP contribution in [0, 0.1) is 13.8 Å². The zero-order valence-corrected chi connectivity index (χ0v) is 11.6. The van der Waals surface area contributed by atoms with E-state index in [1.807, 2.05) is 32.9 Å². The summed E-state index contributed by atoms with van der Waals surface area (Å²) in [6.07, 6.45) is 0. The standard InChI is InChI=1S/C13H16N2O2S/c1-4-18-13-15-14-12(17-13)8-16-11-7-9(2)5-6-10(11)3/h5-7H,4,8H2,1-3H3. The minimum atomic E-state index is 0.307. The normalized spacial score (nSPS) is 10.6. The molecule has 18 heavy (non-hydrogen) atoms. The molecule has 0 atom stereocenters. The van der Waals surface area contributed by atoms with Gasteiger partial charge in [0.1, 0.15) is 5.75 Å². The third kappa shape index (κ3) is 3.26. The highest BCUT2D eigenvalue weighted by Gasteiger charge is 2.07. The van der Waals surface area contributed by atoms with E-state index in [-0.39, 0.29) is 0 Å². The van der Waals surface area contributed by atoms with E-state index < -0.39 is 0 Å². The van der Waals surface area contributed by atoms with E-state index >= 15 is 0 Å². The van der Waals surface area contributed by atoms with Gasteiger partial charge in [-0.2, -0.15) is 0 Å². The molecule has 0 spiro atoms. The first-order valence-electron chi connectivity index (χ1n) is 5.84. The summed E-state index contributed by atoms with van der Waals surface area (Å²) >= 11 is 1.53. The minimum Gasteiger partial charge on any atom is -0.484 e. The number of nitrogens with zero attached hydrogens (tertiary/aromatic N) is 2. The first kappa shape index (κ1) is 13.0. The second-order valence-electron chi connectivity index (χ2n) is 3.95. The van der Waals surface area contributed by atoms with Gasteiger partial charge in [0.05, 0.1) is 0 Å². The fourth-order valence-corrected chi connectivity index (χ4v) is 1.98. The van der Waals surface area contributed by atoms with E-state index in [2.05, 4.69) is 16.3 Å². The van der Waals surface area contributed by atoms with Crippen molar-refractivity contribution in [1.29, 1.82) is 0 Å². The molecule has 2 rings (SSSR count). The first-order chi connectivity index (χ1) is 8.69. The summed E-state index contributed by atoms with van der Waals surface area (Å²) in [6.45, 7) is 6.40. The Morgan fingerprint density at radius 2 is 2.11 bits per heavy atom. The molecule has 0 aliphatic heterocycles. The van der Waals surface area contributed by atoms with Crippen molar-refractivity contribution < 1.29 is 9.15 Å². The summed E-state index contributed by atoms with van der Waals surface area (Å²) < 4.78 is 11.1. The molecule has 1 aromatic heterocycles. The maximum absolute atomic E-state index is 5.69. The molecule has 0 saturated carbocycles. The number of hydrogen-bond donors (Lipinski definition) is 0. The fourth-order valence-electron chi connectivity index (χ4n) is 1.48. The Morgan fingerprint density at radius 1 is 1.28 bits per heavy atom. The van der Waals surface area contributed by atoms with E-state index in [0.717, 1.165) is 17.1 Å². The van der Waals surface area contributed by atoms with Crippen molar-refractivity contribution in [2.24, 2.45) is 0 Å². The molecule has 0 aliphatic carbocycles. The van der Waals surface area contributed by atoms with Crippen LogP contribution in [-0.2, 0) is 6.61 Å². The van der Waals surface area contributed by atoms with E-state index in [9.17, 15) is 0 Å². The average Bonchev–Trinajstić information content (AvgIpc) is 2.79. The van der Waals surface area contributed by atoms with Crippen LogP contribution in [0.5, 0.6) is 5.75 Å². The molecule has 0 amide bonds. The highest BCUT2D eigenvalue weighted by Crippen LogP contribution is 2.21. The van der Waals surface area contributed by atoms with Gasteiger partial charge in [-0.3, -0.25) is 0 Å². The van der Waals surface area contributed by atoms with E-state index in [1.54, 1.807) is 0 Å². The second-order valence-corrected chi connectivity index (χ2v) is 5.17. The van der Waals surface area contributed by atoms with Gasteiger partial charge in [0, 0.05) is 0 Å². The van der Waals surface area contributed by atoms with Gasteiger partial charge in [-0.25, -0.2) is 0 Å². The lowest BCUT2D eigenvalue weighted by molar-refractivity contribution is 0.250. The van der Waals surface area contributed by atoms with Gasteiger partial charge in [-0.1, -0.05) is 30.8 Å². The molecule has 0 aliphatic rings. The molecule has 0 bridgehead atoms. The molecule has 96 valence electrons. The third-order valence-corrected chi connectivity index (χ3v) is 3.11. The molecular weight excluding hydrogens is 248 g/mol. The molecular formula is C13H16N2O2S. The molecule has 0 N–H and O–H groups in total. The summed E-state index contributed by atoms with van der Waals surface area (Å²) in [4.78, 5) is 0. The Kier molecular flexibility index (Phi) is 4.25. The SMILES string of the molecule is CCSc1nnc(COc2cc(C)ccc2C)o1. The van der Waals surface area contributed by atoms with Crippen LogP contribution in [0.15, 0.2) is 27.8 Å². The lowest BCUT2D eigenvalue weighted by atomic mass is 10.1. The Morgan fingerprint density at radius 3 is 2.89 bits per heavy atom. The van der Waals surface area contributed by atoms with Gasteiger partial charge in [0.15, 0.2) is 6.61 Å². The predicted octanol–water partition coefficient (Wildman–Crippen LogP) is 3.38. The molecule has 5 heteroatoms. The molecule has 0 fully saturated rings. The van der Waals surface area contributed by atoms with Crippen LogP contribution in [0.3, 0.4) is 0 Å². The van der Waals surface area contributed by atoms with Crippen LogP contribution in [0.4, 0.5) is 0 Å². The molecule has 1 heterocycles. The summed E-state index contributed by atoms with van der Waals surface area (Å²) in [5.74, 6) is 2.28. The van der Waals surface area contributed by atoms with Gasteiger partial charge in [-0.05, 0) is 36.8 Å². The van der Waals surface area contributed by atoms with Crippen LogP contribution >= 0.6 is 11.8 Å². The number of benzene rings is 1. The van der Waals surface area contributed by atoms with Crippen molar-refractivity contribution in [2.45, 2.75) is 32.6 Å². The molecule has 0 radical (unpaired) electrons. The monoisotopic (exact) mass is 264 g/mol. The summed E-state index contributed by atoms with van der Waals surface area (Å²) in [5.41, 5.74) is 2.27. The summed E-state index contributed by atoms with van der Waals surface area (Å²) in [7, 11) is 0. The third-order valence-electron chi connectivity index (χ3n) is 2.41. The Hall–Kier alpha value is -1.49. The van der Waals surface area contributed by atoms with Gasteiger partial charge in [0.25, 0.3) is 11.1 Å². The highest BCUT2D eigenvalue weighted by molar-refractivity contribution is 7.99. The lowest BCUT2D eigenvalue weighted by Gasteiger charge is -2.07. The zero-order valence-electron chi connectivity index (χ0n) is 10.8. The van der Waals surface area contributed by atoms with Crippen molar-refractivity contribution in [3.05, 3.63) is 35.2 Å². The Balaban J connectivity index is 1.99. The summed E-state index contributed by atoms with van der Waals surface area (Å²) in [6, 6.07) is 6.11. The lowest BCUT2D eigenvalue weighted by Crippen LogP contribution is -1.97. The van der Waals surface area contributed by atoms with Crippen molar-refractivity contribution >= 4 is 11.8 Å². The molecule has 0 saturated heterocycles. The molecule has 2 aromatic rings. The van der Waals surface area contributed by atoms with Crippen molar-refractivity contribution in [1.82, 2.24) is 10.2 Å². The first-order valence-corrected chi connectivity index (χ1v) is 6.83. The van der Waals surface area contributed by atoms with Crippen LogP contribution in [-0.4, -0.2) is 16.0 Å². The number of rotatable bonds is 5. The average molecular weight is 264 g/mol. The molecule has 1 aromatic carbocycles. The van der Waals surface area contributed by atoms with E-state index in [0.29, 0.717) is 17.7 Å². The topological polar surface area (TPSA) is 48.2 Å². The van der Waals surface area contributed by atoms with Crippen LogP contribution in [0.25, 0.3) is 0 Å². The van der Waals surface area contributed by atoms with Crippen molar-refractivity contribution in [2.75, 3.05) is 5.75 Å². The second kappa shape index (κ2) is 5.91. The van der Waals surface area contributed by atoms with Gasteiger partial charge >= 0.3 is 0 Å². The van der Waals surface area contributed by atoms with E-state index in [1.165, 1.54) is 17.3 Å². The number of aryl methyl sites for hydroxylation is 2. The van der Waals surface area contributed by atoms with Crippen molar-refractivity contribution in [3.63, 3.8) is 0 Å². The molecule has 0 unspecified atom stereocenters. The highest BCUT2D eigenvalue weighted by atomic mass is 32.2. The Bertz CT molecular complexity index is 525. The number of hydrogen-bond acceptors (Lipinski definition) is 5. The Labute approximate surface area is 111 Å². The quantitative estimate of drug-likeness (QED) is 0.775. The maximum atomic E-state index is 5.69. The van der Waals surface area contributed by atoms with Crippen LogP contribution < -0.4 is 4.74 Å². The van der Waals surface area contributed by atoms with Crippen LogP contribution in [0.1, 0.15) is 23.9 Å². The number of thioether (sulfide) groups is 1.